The van der Waals surface area contributed by atoms with E-state index in [-0.39, 0.29) is 11.1 Å². The van der Waals surface area contributed by atoms with Gasteiger partial charge in [0.1, 0.15) is 5.76 Å². The summed E-state index contributed by atoms with van der Waals surface area (Å²) in [7, 11) is 4.35. The second-order valence-electron chi connectivity index (χ2n) is 9.68. The number of aliphatic hydroxyl groups excluding tert-OH is 1. The maximum atomic E-state index is 10.9. The number of aryl methyl sites for hydroxylation is 2. The number of hydrogen-bond acceptors (Lipinski definition) is 8. The molecule has 1 aliphatic carbocycles. The molecule has 1 saturated carbocycles. The van der Waals surface area contributed by atoms with E-state index in [2.05, 4.69) is 69.8 Å². The van der Waals surface area contributed by atoms with Crippen molar-refractivity contribution in [3.63, 3.8) is 0 Å². The van der Waals surface area contributed by atoms with Crippen LogP contribution in [0.5, 0.6) is 0 Å². The first kappa shape index (κ1) is 22.0. The van der Waals surface area contributed by atoms with Crippen molar-refractivity contribution in [2.45, 2.75) is 57.0 Å². The van der Waals surface area contributed by atoms with Gasteiger partial charge in [0, 0.05) is 17.6 Å². The first-order chi connectivity index (χ1) is 15.8. The number of nitrogens with one attached hydrogen (secondary N) is 1. The molecule has 2 fully saturated rings. The van der Waals surface area contributed by atoms with Crippen LogP contribution in [0.2, 0.25) is 0 Å². The van der Waals surface area contributed by atoms with Gasteiger partial charge in [-0.15, -0.1) is 0 Å². The summed E-state index contributed by atoms with van der Waals surface area (Å²) in [6.07, 6.45) is 6.79. The molecule has 33 heavy (non-hydrogen) atoms. The van der Waals surface area contributed by atoms with Crippen molar-refractivity contribution in [2.75, 3.05) is 25.5 Å². The highest BCUT2D eigenvalue weighted by Crippen LogP contribution is 2.46. The van der Waals surface area contributed by atoms with E-state index >= 15 is 0 Å². The monoisotopic (exact) mass is 448 g/mol. The van der Waals surface area contributed by atoms with Gasteiger partial charge in [-0.1, -0.05) is 35.5 Å². The molecule has 3 heterocycles. The Labute approximate surface area is 194 Å². The summed E-state index contributed by atoms with van der Waals surface area (Å²) < 4.78 is 5.24. The van der Waals surface area contributed by atoms with E-state index in [1.165, 1.54) is 5.56 Å². The van der Waals surface area contributed by atoms with Crippen molar-refractivity contribution in [3.8, 4) is 11.4 Å². The first-order valence-electron chi connectivity index (χ1n) is 11.5. The lowest BCUT2D eigenvalue weighted by atomic mass is 9.69. The van der Waals surface area contributed by atoms with E-state index in [0.29, 0.717) is 11.6 Å². The van der Waals surface area contributed by atoms with Gasteiger partial charge >= 0.3 is 0 Å². The fourth-order valence-corrected chi connectivity index (χ4v) is 5.63. The maximum Gasteiger partial charge on any atom is 0.184 e. The smallest absolute Gasteiger partial charge is 0.184 e. The minimum Gasteiger partial charge on any atom is -0.361 e. The molecular weight excluding hydrogens is 416 g/mol. The molecule has 0 bridgehead atoms. The molecule has 1 aromatic carbocycles. The molecule has 3 aromatic rings. The van der Waals surface area contributed by atoms with Crippen molar-refractivity contribution in [1.82, 2.24) is 25.3 Å². The first-order valence-corrected chi connectivity index (χ1v) is 11.5. The molecule has 1 spiro atoms. The van der Waals surface area contributed by atoms with Crippen LogP contribution >= 0.6 is 0 Å². The Morgan fingerprint density at radius 1 is 1.06 bits per heavy atom. The maximum absolute atomic E-state index is 10.9. The highest BCUT2D eigenvalue weighted by atomic mass is 16.5. The third-order valence-electron chi connectivity index (χ3n) is 7.63. The Morgan fingerprint density at radius 3 is 2.30 bits per heavy atom. The predicted molar refractivity (Wildman–Crippen MR) is 126 cm³/mol. The van der Waals surface area contributed by atoms with E-state index < -0.39 is 6.35 Å². The summed E-state index contributed by atoms with van der Waals surface area (Å²) in [4.78, 5) is 13.4. The molecule has 0 radical (unpaired) electrons. The number of nitrogens with zero attached hydrogens (tertiary/aromatic N) is 5. The highest BCUT2D eigenvalue weighted by molar-refractivity contribution is 5.61. The SMILES string of the molecule is Cc1noc(C)c1-c1ncc(N2C[C@]3(CC[C@](c4ccccc4)(N(C)C)CC3)NC2O)cn1. The van der Waals surface area contributed by atoms with E-state index in [0.717, 1.165) is 49.2 Å². The van der Waals surface area contributed by atoms with Gasteiger partial charge in [-0.25, -0.2) is 9.97 Å². The number of hydrogen-bond donors (Lipinski definition) is 2. The summed E-state index contributed by atoms with van der Waals surface area (Å²) in [6, 6.07) is 10.8. The quantitative estimate of drug-likeness (QED) is 0.629. The molecule has 0 amide bonds. The minimum absolute atomic E-state index is 0.0195. The van der Waals surface area contributed by atoms with Gasteiger partial charge in [0.15, 0.2) is 12.2 Å². The van der Waals surface area contributed by atoms with Crippen molar-refractivity contribution in [3.05, 3.63) is 59.7 Å². The van der Waals surface area contributed by atoms with Gasteiger partial charge in [0.05, 0.1) is 29.3 Å². The Morgan fingerprint density at radius 2 is 1.73 bits per heavy atom. The van der Waals surface area contributed by atoms with Gasteiger partial charge in [-0.3, -0.25) is 10.2 Å². The Balaban J connectivity index is 1.33. The Bertz CT molecular complexity index is 1080. The normalized spacial score (nSPS) is 27.6. The minimum atomic E-state index is -0.762. The number of aromatic nitrogens is 3. The Kier molecular flexibility index (Phi) is 5.47. The van der Waals surface area contributed by atoms with Crippen LogP contribution in [0.4, 0.5) is 5.69 Å². The van der Waals surface area contributed by atoms with Crippen LogP contribution in [0, 0.1) is 13.8 Å². The van der Waals surface area contributed by atoms with Crippen molar-refractivity contribution in [1.29, 1.82) is 0 Å². The number of benzene rings is 1. The number of rotatable bonds is 4. The summed E-state index contributed by atoms with van der Waals surface area (Å²) in [6.45, 7) is 4.46. The largest absolute Gasteiger partial charge is 0.361 e. The van der Waals surface area contributed by atoms with Crippen molar-refractivity contribution < 1.29 is 9.63 Å². The number of aliphatic hydroxyl groups is 1. The van der Waals surface area contributed by atoms with E-state index in [1.54, 1.807) is 12.4 Å². The summed E-state index contributed by atoms with van der Waals surface area (Å²) in [5, 5.41) is 18.4. The van der Waals surface area contributed by atoms with Gasteiger partial charge in [-0.05, 0) is 59.2 Å². The zero-order valence-corrected chi connectivity index (χ0v) is 19.7. The lowest BCUT2D eigenvalue weighted by Crippen LogP contribution is -2.54. The van der Waals surface area contributed by atoms with Gasteiger partial charge in [-0.2, -0.15) is 0 Å². The summed E-state index contributed by atoms with van der Waals surface area (Å²) >= 11 is 0. The molecule has 2 aliphatic rings. The fraction of sp³-hybridized carbons (Fsp3) is 0.480. The van der Waals surface area contributed by atoms with Crippen molar-refractivity contribution >= 4 is 5.69 Å². The third-order valence-corrected chi connectivity index (χ3v) is 7.63. The van der Waals surface area contributed by atoms with Gasteiger partial charge in [0.2, 0.25) is 0 Å². The van der Waals surface area contributed by atoms with Crippen LogP contribution < -0.4 is 10.2 Å². The molecule has 174 valence electrons. The zero-order chi connectivity index (χ0) is 23.2. The predicted octanol–water partition coefficient (Wildman–Crippen LogP) is 3.20. The molecule has 1 atom stereocenters. The van der Waals surface area contributed by atoms with Crippen LogP contribution in [0.25, 0.3) is 11.4 Å². The molecular formula is C25H32N6O2. The lowest BCUT2D eigenvalue weighted by Gasteiger charge is -2.49. The van der Waals surface area contributed by atoms with E-state index in [9.17, 15) is 5.11 Å². The van der Waals surface area contributed by atoms with Crippen LogP contribution in [-0.4, -0.2) is 57.7 Å². The molecule has 8 heteroatoms. The lowest BCUT2D eigenvalue weighted by molar-refractivity contribution is 0.0513. The Hall–Kier alpha value is -2.81. The van der Waals surface area contributed by atoms with Crippen LogP contribution in [0.15, 0.2) is 47.2 Å². The van der Waals surface area contributed by atoms with Crippen LogP contribution in [-0.2, 0) is 5.54 Å². The van der Waals surface area contributed by atoms with Gasteiger partial charge < -0.3 is 14.5 Å². The molecule has 2 aromatic heterocycles. The molecule has 1 aliphatic heterocycles. The van der Waals surface area contributed by atoms with Crippen LogP contribution in [0.3, 0.4) is 0 Å². The second-order valence-corrected chi connectivity index (χ2v) is 9.68. The molecule has 1 saturated heterocycles. The summed E-state index contributed by atoms with van der Waals surface area (Å²) in [5.41, 5.74) is 3.65. The van der Waals surface area contributed by atoms with E-state index in [1.807, 2.05) is 18.7 Å². The van der Waals surface area contributed by atoms with Gasteiger partial charge in [0.25, 0.3) is 0 Å². The molecule has 1 unspecified atom stereocenters. The molecule has 2 N–H and O–H groups in total. The zero-order valence-electron chi connectivity index (χ0n) is 19.7. The number of anilines is 1. The van der Waals surface area contributed by atoms with E-state index in [4.69, 9.17) is 4.52 Å². The molecule has 5 rings (SSSR count). The fourth-order valence-electron chi connectivity index (χ4n) is 5.63. The standard InChI is InChI=1S/C25H32N6O2/c1-17-21(18(2)33-29-17)22-26-14-20(15-27-22)31-16-24(28-23(31)32)10-12-25(13-11-24,30(3)4)19-8-6-5-7-9-19/h5-9,14-15,23,28,32H,10-13,16H2,1-4H3/t23?,24-,25+. The second kappa shape index (κ2) is 8.20. The topological polar surface area (TPSA) is 90.6 Å². The highest BCUT2D eigenvalue weighted by Gasteiger charge is 2.50. The third kappa shape index (κ3) is 3.72. The van der Waals surface area contributed by atoms with Crippen molar-refractivity contribution in [2.24, 2.45) is 0 Å². The van der Waals surface area contributed by atoms with Crippen LogP contribution in [0.1, 0.15) is 42.7 Å². The average Bonchev–Trinajstić information content (AvgIpc) is 3.33. The molecule has 8 nitrogen and oxygen atoms in total. The summed E-state index contributed by atoms with van der Waals surface area (Å²) in [5.74, 6) is 1.29. The average molecular weight is 449 g/mol.